The van der Waals surface area contributed by atoms with Gasteiger partial charge in [-0.25, -0.2) is 18.4 Å². The number of carbonyl (C=O) groups is 1. The van der Waals surface area contributed by atoms with E-state index in [1.165, 1.54) is 36.5 Å². The predicted molar refractivity (Wildman–Crippen MR) is 74.5 cm³/mol. The molecule has 0 spiro atoms. The summed E-state index contributed by atoms with van der Waals surface area (Å²) in [6.07, 6.45) is 2.47. The molecule has 104 valence electrons. The number of sulfone groups is 1. The number of halogens is 1. The second-order valence-corrected chi connectivity index (χ2v) is 6.36. The molecule has 8 heteroatoms. The smallest absolute Gasteiger partial charge is 0.258 e. The number of amides is 1. The quantitative estimate of drug-likeness (QED) is 0.873. The zero-order chi connectivity index (χ0) is 14.8. The van der Waals surface area contributed by atoms with Crippen molar-refractivity contribution in [2.45, 2.75) is 4.90 Å². The van der Waals surface area contributed by atoms with E-state index in [1.54, 1.807) is 0 Å². The standard InChI is InChI=1S/C12H10ClN3O3S/c1-20(18,19)9-4-2-3-8(7-9)11(17)16-12-14-6-5-10(13)15-12/h2-7H,1H3,(H,14,15,16,17). The molecule has 1 N–H and O–H groups in total. The van der Waals surface area contributed by atoms with Gasteiger partial charge in [-0.05, 0) is 24.3 Å². The van der Waals surface area contributed by atoms with E-state index in [2.05, 4.69) is 15.3 Å². The molecule has 0 aliphatic rings. The molecular weight excluding hydrogens is 302 g/mol. The molecule has 1 aromatic heterocycles. The maximum absolute atomic E-state index is 12.0. The van der Waals surface area contributed by atoms with Crippen molar-refractivity contribution in [1.29, 1.82) is 0 Å². The van der Waals surface area contributed by atoms with Gasteiger partial charge in [0.1, 0.15) is 5.15 Å². The highest BCUT2D eigenvalue weighted by Gasteiger charge is 2.12. The molecule has 20 heavy (non-hydrogen) atoms. The topological polar surface area (TPSA) is 89.0 Å². The molecule has 0 fully saturated rings. The molecule has 1 aromatic carbocycles. The van der Waals surface area contributed by atoms with Gasteiger partial charge in [-0.1, -0.05) is 17.7 Å². The van der Waals surface area contributed by atoms with Crippen LogP contribution in [0, 0.1) is 0 Å². The largest absolute Gasteiger partial charge is 0.290 e. The van der Waals surface area contributed by atoms with Crippen LogP contribution < -0.4 is 5.32 Å². The lowest BCUT2D eigenvalue weighted by Crippen LogP contribution is -2.14. The highest BCUT2D eigenvalue weighted by Crippen LogP contribution is 2.13. The van der Waals surface area contributed by atoms with Gasteiger partial charge in [0.2, 0.25) is 5.95 Å². The van der Waals surface area contributed by atoms with Crippen LogP contribution >= 0.6 is 11.6 Å². The summed E-state index contributed by atoms with van der Waals surface area (Å²) in [5.41, 5.74) is 0.191. The summed E-state index contributed by atoms with van der Waals surface area (Å²) in [4.78, 5) is 19.7. The van der Waals surface area contributed by atoms with Gasteiger partial charge in [0.05, 0.1) is 4.90 Å². The van der Waals surface area contributed by atoms with Crippen LogP contribution in [0.2, 0.25) is 5.15 Å². The third-order valence-corrected chi connectivity index (χ3v) is 3.69. The third-order valence-electron chi connectivity index (χ3n) is 2.37. The number of carbonyl (C=O) groups excluding carboxylic acids is 1. The van der Waals surface area contributed by atoms with E-state index in [0.717, 1.165) is 6.26 Å². The van der Waals surface area contributed by atoms with Crippen LogP contribution in [0.1, 0.15) is 10.4 Å². The van der Waals surface area contributed by atoms with Crippen LogP contribution in [0.15, 0.2) is 41.4 Å². The number of benzene rings is 1. The van der Waals surface area contributed by atoms with E-state index in [0.29, 0.717) is 0 Å². The molecule has 1 heterocycles. The lowest BCUT2D eigenvalue weighted by Gasteiger charge is -2.05. The van der Waals surface area contributed by atoms with Crippen LogP contribution in [0.3, 0.4) is 0 Å². The fourth-order valence-electron chi connectivity index (χ4n) is 1.44. The minimum absolute atomic E-state index is 0.0484. The Kier molecular flexibility index (Phi) is 4.01. The second kappa shape index (κ2) is 5.56. The number of aromatic nitrogens is 2. The van der Waals surface area contributed by atoms with E-state index in [4.69, 9.17) is 11.6 Å². The molecule has 0 atom stereocenters. The number of hydrogen-bond acceptors (Lipinski definition) is 5. The van der Waals surface area contributed by atoms with E-state index in [9.17, 15) is 13.2 Å². The summed E-state index contributed by atoms with van der Waals surface area (Å²) >= 11 is 5.68. The zero-order valence-electron chi connectivity index (χ0n) is 10.4. The maximum atomic E-state index is 12.0. The van der Waals surface area contributed by atoms with Gasteiger partial charge < -0.3 is 0 Å². The third kappa shape index (κ3) is 3.52. The van der Waals surface area contributed by atoms with E-state index in [-0.39, 0.29) is 21.6 Å². The van der Waals surface area contributed by atoms with Crippen molar-refractivity contribution in [3.05, 3.63) is 47.2 Å². The van der Waals surface area contributed by atoms with Crippen molar-refractivity contribution in [3.63, 3.8) is 0 Å². The van der Waals surface area contributed by atoms with E-state index >= 15 is 0 Å². The highest BCUT2D eigenvalue weighted by atomic mass is 35.5. The van der Waals surface area contributed by atoms with Gasteiger partial charge in [0, 0.05) is 18.0 Å². The van der Waals surface area contributed by atoms with Crippen molar-refractivity contribution in [1.82, 2.24) is 9.97 Å². The van der Waals surface area contributed by atoms with Gasteiger partial charge in [-0.15, -0.1) is 0 Å². The predicted octanol–water partition coefficient (Wildman–Crippen LogP) is 1.79. The normalized spacial score (nSPS) is 11.1. The molecule has 6 nitrogen and oxygen atoms in total. The van der Waals surface area contributed by atoms with Crippen LogP contribution in [0.4, 0.5) is 5.95 Å². The number of nitrogens with zero attached hydrogens (tertiary/aromatic N) is 2. The van der Waals surface area contributed by atoms with Gasteiger partial charge >= 0.3 is 0 Å². The summed E-state index contributed by atoms with van der Waals surface area (Å²) in [5.74, 6) is -0.468. The Bertz CT molecular complexity index is 762. The van der Waals surface area contributed by atoms with Gasteiger partial charge in [-0.3, -0.25) is 10.1 Å². The van der Waals surface area contributed by atoms with Gasteiger partial charge in [0.25, 0.3) is 5.91 Å². The molecule has 0 aliphatic carbocycles. The van der Waals surface area contributed by atoms with E-state index < -0.39 is 15.7 Å². The summed E-state index contributed by atoms with van der Waals surface area (Å²) in [7, 11) is -3.37. The average molecular weight is 312 g/mol. The van der Waals surface area contributed by atoms with Crippen molar-refractivity contribution >= 4 is 33.3 Å². The minimum atomic E-state index is -3.37. The van der Waals surface area contributed by atoms with Crippen LogP contribution in [-0.2, 0) is 9.84 Å². The Balaban J connectivity index is 2.26. The Morgan fingerprint density at radius 2 is 2.05 bits per heavy atom. The van der Waals surface area contributed by atoms with Gasteiger partial charge in [-0.2, -0.15) is 0 Å². The number of anilines is 1. The Labute approximate surface area is 120 Å². The molecule has 0 saturated carbocycles. The second-order valence-electron chi connectivity index (χ2n) is 3.96. The van der Waals surface area contributed by atoms with Crippen LogP contribution in [0.25, 0.3) is 0 Å². The summed E-state index contributed by atoms with van der Waals surface area (Å²) in [6, 6.07) is 7.16. The first kappa shape index (κ1) is 14.4. The molecule has 0 aliphatic heterocycles. The van der Waals surface area contributed by atoms with Crippen molar-refractivity contribution in [3.8, 4) is 0 Å². The van der Waals surface area contributed by atoms with Crippen molar-refractivity contribution in [2.75, 3.05) is 11.6 Å². The Hall–Kier alpha value is -1.99. The first-order chi connectivity index (χ1) is 9.36. The molecule has 0 unspecified atom stereocenters. The van der Waals surface area contributed by atoms with Crippen LogP contribution in [0.5, 0.6) is 0 Å². The molecule has 0 radical (unpaired) electrons. The van der Waals surface area contributed by atoms with Crippen molar-refractivity contribution < 1.29 is 13.2 Å². The fraction of sp³-hybridized carbons (Fsp3) is 0.0833. The van der Waals surface area contributed by atoms with Gasteiger partial charge in [0.15, 0.2) is 9.84 Å². The molecule has 1 amide bonds. The maximum Gasteiger partial charge on any atom is 0.258 e. The molecule has 2 rings (SSSR count). The summed E-state index contributed by atoms with van der Waals surface area (Å²) < 4.78 is 22.9. The van der Waals surface area contributed by atoms with E-state index in [1.807, 2.05) is 0 Å². The number of hydrogen-bond donors (Lipinski definition) is 1. The molecular formula is C12H10ClN3O3S. The first-order valence-electron chi connectivity index (χ1n) is 5.46. The summed E-state index contributed by atoms with van der Waals surface area (Å²) in [5, 5.41) is 2.63. The highest BCUT2D eigenvalue weighted by molar-refractivity contribution is 7.90. The Morgan fingerprint density at radius 3 is 2.70 bits per heavy atom. The molecule has 2 aromatic rings. The number of nitrogens with one attached hydrogen (secondary N) is 1. The fourth-order valence-corrected chi connectivity index (χ4v) is 2.24. The first-order valence-corrected chi connectivity index (χ1v) is 7.73. The molecule has 0 bridgehead atoms. The van der Waals surface area contributed by atoms with Crippen LogP contribution in [-0.4, -0.2) is 30.5 Å². The average Bonchev–Trinajstić information content (AvgIpc) is 2.38. The monoisotopic (exact) mass is 311 g/mol. The van der Waals surface area contributed by atoms with Crippen molar-refractivity contribution in [2.24, 2.45) is 0 Å². The zero-order valence-corrected chi connectivity index (χ0v) is 11.9. The molecule has 0 saturated heterocycles. The summed E-state index contributed by atoms with van der Waals surface area (Å²) in [6.45, 7) is 0. The number of rotatable bonds is 3. The minimum Gasteiger partial charge on any atom is -0.290 e. The lowest BCUT2D eigenvalue weighted by atomic mass is 10.2. The Morgan fingerprint density at radius 1 is 1.30 bits per heavy atom. The lowest BCUT2D eigenvalue weighted by molar-refractivity contribution is 0.102. The SMILES string of the molecule is CS(=O)(=O)c1cccc(C(=O)Nc2nccc(Cl)n2)c1.